The molecule has 2 aliphatic carbocycles. The van der Waals surface area contributed by atoms with Crippen molar-refractivity contribution in [3.8, 4) is 11.1 Å². The Hall–Kier alpha value is -5.28. The number of aliphatic hydroxyl groups is 1. The summed E-state index contributed by atoms with van der Waals surface area (Å²) in [5, 5.41) is 21.5. The molecule has 22 heteroatoms. The van der Waals surface area contributed by atoms with Crippen molar-refractivity contribution < 1.29 is 49.1 Å². The molecule has 4 N–H and O–H groups in total. The van der Waals surface area contributed by atoms with Crippen LogP contribution in [0.3, 0.4) is 0 Å². The van der Waals surface area contributed by atoms with Gasteiger partial charge in [-0.05, 0) is 68.9 Å². The molecule has 4 heterocycles. The van der Waals surface area contributed by atoms with Crippen LogP contribution in [0.5, 0.6) is 0 Å². The second kappa shape index (κ2) is 13.6. The number of carbonyl (C=O) groups is 1. The van der Waals surface area contributed by atoms with Gasteiger partial charge in [0.05, 0.1) is 39.4 Å². The number of benzene rings is 2. The molecule has 3 atom stereocenters. The Bertz CT molecular complexity index is 2810. The van der Waals surface area contributed by atoms with Crippen LogP contribution in [0.2, 0.25) is 5.02 Å². The van der Waals surface area contributed by atoms with Crippen molar-refractivity contribution in [2.75, 3.05) is 11.0 Å². The van der Waals surface area contributed by atoms with Crippen LogP contribution in [0.4, 0.5) is 36.6 Å². The summed E-state index contributed by atoms with van der Waals surface area (Å²) in [5.74, 6) is -9.28. The smallest absolute Gasteiger partial charge is 0.383 e. The lowest BCUT2D eigenvalue weighted by Gasteiger charge is -2.34. The Kier molecular flexibility index (Phi) is 9.36. The average molecular weight is 868 g/mol. The van der Waals surface area contributed by atoms with Gasteiger partial charge in [0.2, 0.25) is 15.9 Å². The van der Waals surface area contributed by atoms with E-state index in [2.05, 4.69) is 30.2 Å². The Morgan fingerprint density at radius 1 is 1.07 bits per heavy atom. The maximum atomic E-state index is 15.7. The summed E-state index contributed by atoms with van der Waals surface area (Å²) >= 11 is 6.60. The number of hydrogen-bond donors (Lipinski definition) is 4. The predicted octanol–water partition coefficient (Wildman–Crippen LogP) is 6.96. The lowest BCUT2D eigenvalue weighted by Crippen LogP contribution is -2.36. The van der Waals surface area contributed by atoms with Crippen molar-refractivity contribution in [3.63, 3.8) is 0 Å². The van der Waals surface area contributed by atoms with E-state index in [1.165, 1.54) is 37.7 Å². The van der Waals surface area contributed by atoms with Crippen LogP contribution in [-0.2, 0) is 52.5 Å². The van der Waals surface area contributed by atoms with Crippen molar-refractivity contribution in [2.45, 2.75) is 69.3 Å². The fourth-order valence-corrected chi connectivity index (χ4v) is 8.82. The number of nitrogens with zero attached hydrogens (tertiary/aromatic N) is 6. The van der Waals surface area contributed by atoms with Crippen LogP contribution < -0.4 is 10.0 Å². The Labute approximate surface area is 335 Å². The summed E-state index contributed by atoms with van der Waals surface area (Å²) in [5.41, 5.74) is -3.74. The number of rotatable bonds is 10. The molecule has 4 aromatic heterocycles. The molecule has 8 rings (SSSR count). The zero-order valence-corrected chi connectivity index (χ0v) is 32.9. The zero-order valence-electron chi connectivity index (χ0n) is 31.3. The predicted molar refractivity (Wildman–Crippen MR) is 200 cm³/mol. The molecule has 0 bridgehead atoms. The number of amides is 1. The molecule has 1 saturated carbocycles. The number of carbonyl (C=O) groups excluding carboxylic acids is 1. The number of imidazole rings is 1. The van der Waals surface area contributed by atoms with Crippen molar-refractivity contribution >= 4 is 55.4 Å². The van der Waals surface area contributed by atoms with Crippen molar-refractivity contribution in [3.05, 3.63) is 87.1 Å². The minimum atomic E-state index is -5.09. The van der Waals surface area contributed by atoms with E-state index in [9.17, 15) is 40.3 Å². The number of aromatic amines is 1. The average Bonchev–Trinajstić information content (AvgIpc) is 3.79. The number of fused-ring (bicyclic) bond motifs is 5. The fraction of sp³-hybridized carbons (Fsp3) is 0.378. The second-order valence-corrected chi connectivity index (χ2v) is 17.5. The van der Waals surface area contributed by atoms with Gasteiger partial charge in [-0.3, -0.25) is 18.9 Å². The quantitative estimate of drug-likeness (QED) is 0.107. The number of anilines is 1. The molecule has 312 valence electrons. The van der Waals surface area contributed by atoms with Gasteiger partial charge in [-0.2, -0.15) is 32.1 Å². The maximum Gasteiger partial charge on any atom is 0.435 e. The highest BCUT2D eigenvalue weighted by atomic mass is 35.5. The Balaban J connectivity index is 1.31. The molecule has 59 heavy (non-hydrogen) atoms. The molecule has 2 aliphatic rings. The van der Waals surface area contributed by atoms with E-state index < -0.39 is 93.1 Å². The molecular formula is C37H33ClF7N9O4S. The SMILES string of the molecule is Cn1nc(NS(C)(=O)=O)c2c(Cl)ccc(-c3cc4[nH]c(C(C)(C)O)nc4nc3[C@H](Cc3cc(F)cc(F)c3)NC(=O)Cn3nc(C(F)(F)F)c4c3C(F)(F)[C@@H]3CC[C@H]43)c21. The molecular weight excluding hydrogens is 835 g/mol. The number of nitrogens with one attached hydrogen (secondary N) is 3. The molecule has 0 unspecified atom stereocenters. The van der Waals surface area contributed by atoms with E-state index in [4.69, 9.17) is 16.6 Å². The number of aryl methyl sites for hydroxylation is 1. The van der Waals surface area contributed by atoms with E-state index in [1.807, 2.05) is 0 Å². The third kappa shape index (κ3) is 7.15. The maximum absolute atomic E-state index is 15.7. The first-order chi connectivity index (χ1) is 27.4. The monoisotopic (exact) mass is 867 g/mol. The summed E-state index contributed by atoms with van der Waals surface area (Å²) in [6.07, 6.45) is -4.51. The molecule has 13 nitrogen and oxygen atoms in total. The van der Waals surface area contributed by atoms with Crippen LogP contribution >= 0.6 is 11.6 Å². The van der Waals surface area contributed by atoms with Crippen molar-refractivity contribution in [1.82, 2.24) is 39.8 Å². The minimum Gasteiger partial charge on any atom is -0.383 e. The van der Waals surface area contributed by atoms with Gasteiger partial charge < -0.3 is 15.4 Å². The van der Waals surface area contributed by atoms with E-state index in [-0.39, 0.29) is 74.0 Å². The van der Waals surface area contributed by atoms with Crippen LogP contribution in [0.1, 0.15) is 72.7 Å². The van der Waals surface area contributed by atoms with Crippen molar-refractivity contribution in [2.24, 2.45) is 13.0 Å². The van der Waals surface area contributed by atoms with Gasteiger partial charge in [-0.25, -0.2) is 27.2 Å². The standard InChI is InChI=1S/C37H33ClF7N9O4S/c1-35(2,56)34-47-24-13-20(18-6-8-22(38)27-29(18)53(3)51-33(27)52-59(4,57)58)28(48-32(24)49-34)23(11-15-9-16(39)12-17(40)10-15)46-25(55)14-54-31-26(30(50-54)37(43,44)45)19-5-7-21(19)36(31,41)42/h6,8-10,12-13,19,21,23,56H,5,7,11,14H2,1-4H3,(H,46,55)(H,51,52)(H,47,48,49)/t19-,21+,23-/m0/s1. The summed E-state index contributed by atoms with van der Waals surface area (Å²) in [7, 11) is -2.37. The van der Waals surface area contributed by atoms with Crippen LogP contribution in [0.15, 0.2) is 36.4 Å². The third-order valence-electron chi connectivity index (χ3n) is 10.6. The number of H-pyrrole nitrogens is 1. The summed E-state index contributed by atoms with van der Waals surface area (Å²) < 4.78 is 132. The molecule has 0 spiro atoms. The van der Waals surface area contributed by atoms with Gasteiger partial charge in [-0.15, -0.1) is 0 Å². The summed E-state index contributed by atoms with van der Waals surface area (Å²) in [4.78, 5) is 26.2. The highest BCUT2D eigenvalue weighted by Gasteiger charge is 2.63. The number of alkyl halides is 5. The molecule has 0 saturated heterocycles. The van der Waals surface area contributed by atoms with Crippen molar-refractivity contribution in [1.29, 1.82) is 0 Å². The molecule has 2 aromatic carbocycles. The zero-order chi connectivity index (χ0) is 42.7. The first-order valence-corrected chi connectivity index (χ1v) is 20.2. The van der Waals surface area contributed by atoms with E-state index in [0.29, 0.717) is 10.7 Å². The Morgan fingerprint density at radius 3 is 2.37 bits per heavy atom. The Morgan fingerprint density at radius 2 is 1.76 bits per heavy atom. The van der Waals surface area contributed by atoms with Crippen LogP contribution in [-0.4, -0.2) is 60.2 Å². The van der Waals surface area contributed by atoms with E-state index >= 15 is 8.78 Å². The highest BCUT2D eigenvalue weighted by Crippen LogP contribution is 2.64. The number of hydrogen-bond acceptors (Lipinski definition) is 8. The first kappa shape index (κ1) is 40.5. The van der Waals surface area contributed by atoms with E-state index in [1.54, 1.807) is 6.07 Å². The first-order valence-electron chi connectivity index (χ1n) is 18.0. The van der Waals surface area contributed by atoms with Crippen LogP contribution in [0, 0.1) is 17.6 Å². The number of halogens is 8. The highest BCUT2D eigenvalue weighted by molar-refractivity contribution is 7.92. The van der Waals surface area contributed by atoms with Gasteiger partial charge in [0.15, 0.2) is 17.2 Å². The molecule has 0 radical (unpaired) electrons. The molecule has 1 amide bonds. The lowest BCUT2D eigenvalue weighted by atomic mass is 9.73. The summed E-state index contributed by atoms with van der Waals surface area (Å²) in [6.45, 7) is 1.81. The van der Waals surface area contributed by atoms with Gasteiger partial charge in [0.1, 0.15) is 35.3 Å². The van der Waals surface area contributed by atoms with Gasteiger partial charge >= 0.3 is 6.18 Å². The van der Waals surface area contributed by atoms with Gasteiger partial charge in [-0.1, -0.05) is 17.7 Å². The number of pyridine rings is 1. The topological polar surface area (TPSA) is 173 Å². The largest absolute Gasteiger partial charge is 0.435 e. The minimum absolute atomic E-state index is 0.00461. The van der Waals surface area contributed by atoms with E-state index in [0.717, 1.165) is 18.4 Å². The van der Waals surface area contributed by atoms with Crippen LogP contribution in [0.25, 0.3) is 33.2 Å². The number of sulfonamides is 1. The molecule has 6 aromatic rings. The second-order valence-electron chi connectivity index (χ2n) is 15.4. The summed E-state index contributed by atoms with van der Waals surface area (Å²) in [6, 6.07) is 5.69. The molecule has 1 fully saturated rings. The normalized spacial score (nSPS) is 18.2. The van der Waals surface area contributed by atoms with Gasteiger partial charge in [0, 0.05) is 35.7 Å². The third-order valence-corrected chi connectivity index (χ3v) is 11.5. The van der Waals surface area contributed by atoms with Gasteiger partial charge in [0.25, 0.3) is 5.92 Å². The lowest BCUT2D eigenvalue weighted by molar-refractivity contribution is -0.144. The fourth-order valence-electron chi connectivity index (χ4n) is 8.08. The number of aromatic nitrogens is 7. The molecule has 0 aliphatic heterocycles.